The second-order valence-corrected chi connectivity index (χ2v) is 8.60. The van der Waals surface area contributed by atoms with Gasteiger partial charge in [0.1, 0.15) is 5.25 Å². The number of hydrogen-bond donors (Lipinski definition) is 2. The SMILES string of the molecule is O=C(Nc1ccc(SC(C(=O)Nc2nccs2)c2ccccc2)cc1)C1CC1. The first-order chi connectivity index (χ1) is 13.7. The van der Waals surface area contributed by atoms with Gasteiger partial charge < -0.3 is 10.6 Å². The predicted molar refractivity (Wildman–Crippen MR) is 114 cm³/mol. The van der Waals surface area contributed by atoms with E-state index in [1.807, 2.05) is 60.0 Å². The number of rotatable bonds is 7. The minimum atomic E-state index is -0.406. The van der Waals surface area contributed by atoms with E-state index >= 15 is 0 Å². The van der Waals surface area contributed by atoms with Gasteiger partial charge >= 0.3 is 0 Å². The lowest BCUT2D eigenvalue weighted by molar-refractivity contribution is -0.117. The summed E-state index contributed by atoms with van der Waals surface area (Å²) in [6.07, 6.45) is 3.62. The normalized spacial score (nSPS) is 14.3. The summed E-state index contributed by atoms with van der Waals surface area (Å²) in [4.78, 5) is 29.9. The van der Waals surface area contributed by atoms with E-state index in [4.69, 9.17) is 0 Å². The zero-order valence-electron chi connectivity index (χ0n) is 15.0. The quantitative estimate of drug-likeness (QED) is 0.541. The third kappa shape index (κ3) is 4.79. The van der Waals surface area contributed by atoms with Crippen LogP contribution in [0.2, 0.25) is 0 Å². The molecular formula is C21H19N3O2S2. The molecule has 4 rings (SSSR count). The van der Waals surface area contributed by atoms with Crippen molar-refractivity contribution in [3.05, 3.63) is 71.7 Å². The van der Waals surface area contributed by atoms with Gasteiger partial charge in [-0.25, -0.2) is 4.98 Å². The molecule has 0 aliphatic heterocycles. The topological polar surface area (TPSA) is 71.1 Å². The first kappa shape index (κ1) is 18.7. The van der Waals surface area contributed by atoms with Gasteiger partial charge in [0.25, 0.3) is 0 Å². The van der Waals surface area contributed by atoms with Gasteiger partial charge in [-0.3, -0.25) is 9.59 Å². The summed E-state index contributed by atoms with van der Waals surface area (Å²) in [5.41, 5.74) is 1.71. The van der Waals surface area contributed by atoms with E-state index in [0.29, 0.717) is 5.13 Å². The van der Waals surface area contributed by atoms with Crippen LogP contribution in [0.3, 0.4) is 0 Å². The second kappa shape index (κ2) is 8.58. The summed E-state index contributed by atoms with van der Waals surface area (Å²) in [6.45, 7) is 0. The smallest absolute Gasteiger partial charge is 0.244 e. The molecule has 0 spiro atoms. The van der Waals surface area contributed by atoms with Crippen LogP contribution in [0.25, 0.3) is 0 Å². The molecule has 1 unspecified atom stereocenters. The summed E-state index contributed by atoms with van der Waals surface area (Å²) >= 11 is 2.86. The van der Waals surface area contributed by atoms with Gasteiger partial charge in [-0.1, -0.05) is 30.3 Å². The van der Waals surface area contributed by atoms with Crippen LogP contribution in [0.5, 0.6) is 0 Å². The van der Waals surface area contributed by atoms with E-state index in [2.05, 4.69) is 15.6 Å². The van der Waals surface area contributed by atoms with E-state index in [0.717, 1.165) is 29.0 Å². The van der Waals surface area contributed by atoms with Crippen molar-refractivity contribution in [3.63, 3.8) is 0 Å². The molecule has 1 aliphatic rings. The highest BCUT2D eigenvalue weighted by molar-refractivity contribution is 8.00. The van der Waals surface area contributed by atoms with Gasteiger partial charge in [0, 0.05) is 28.1 Å². The maximum atomic E-state index is 12.9. The van der Waals surface area contributed by atoms with Gasteiger partial charge in [-0.05, 0) is 42.7 Å². The van der Waals surface area contributed by atoms with Crippen molar-refractivity contribution in [2.75, 3.05) is 10.6 Å². The number of nitrogens with one attached hydrogen (secondary N) is 2. The van der Waals surface area contributed by atoms with Crippen molar-refractivity contribution in [2.45, 2.75) is 23.0 Å². The number of hydrogen-bond acceptors (Lipinski definition) is 5. The van der Waals surface area contributed by atoms with Crippen LogP contribution in [0.15, 0.2) is 71.1 Å². The van der Waals surface area contributed by atoms with Crippen molar-refractivity contribution < 1.29 is 9.59 Å². The van der Waals surface area contributed by atoms with Crippen LogP contribution in [0.4, 0.5) is 10.8 Å². The number of thiazole rings is 1. The fourth-order valence-corrected chi connectivity index (χ4v) is 4.26. The number of amides is 2. The number of aromatic nitrogens is 1. The van der Waals surface area contributed by atoms with Crippen LogP contribution in [-0.2, 0) is 9.59 Å². The van der Waals surface area contributed by atoms with Crippen LogP contribution in [0.1, 0.15) is 23.7 Å². The molecule has 28 heavy (non-hydrogen) atoms. The van der Waals surface area contributed by atoms with Crippen molar-refractivity contribution in [1.82, 2.24) is 4.98 Å². The Bertz CT molecular complexity index is 940. The Hall–Kier alpha value is -2.64. The summed E-state index contributed by atoms with van der Waals surface area (Å²) in [5.74, 6) is 0.147. The van der Waals surface area contributed by atoms with Crippen LogP contribution in [-0.4, -0.2) is 16.8 Å². The van der Waals surface area contributed by atoms with E-state index in [9.17, 15) is 9.59 Å². The monoisotopic (exact) mass is 409 g/mol. The van der Waals surface area contributed by atoms with Crippen molar-refractivity contribution in [2.24, 2.45) is 5.92 Å². The summed E-state index contributed by atoms with van der Waals surface area (Å²) < 4.78 is 0. The molecule has 5 nitrogen and oxygen atoms in total. The molecule has 2 N–H and O–H groups in total. The third-order valence-electron chi connectivity index (χ3n) is 4.33. The highest BCUT2D eigenvalue weighted by Gasteiger charge is 2.29. The minimum Gasteiger partial charge on any atom is -0.326 e. The van der Waals surface area contributed by atoms with E-state index in [1.54, 1.807) is 6.20 Å². The molecule has 0 saturated heterocycles. The Morgan fingerprint density at radius 1 is 1.04 bits per heavy atom. The van der Waals surface area contributed by atoms with Gasteiger partial charge in [0.2, 0.25) is 11.8 Å². The highest BCUT2D eigenvalue weighted by Crippen LogP contribution is 2.37. The maximum absolute atomic E-state index is 12.9. The summed E-state index contributed by atoms with van der Waals surface area (Å²) in [5, 5.41) is 7.83. The number of benzene rings is 2. The molecule has 2 aromatic carbocycles. The molecule has 1 saturated carbocycles. The summed E-state index contributed by atoms with van der Waals surface area (Å²) in [6, 6.07) is 17.3. The Labute approximate surface area is 171 Å². The molecule has 1 aliphatic carbocycles. The van der Waals surface area contributed by atoms with E-state index in [1.165, 1.54) is 23.1 Å². The lowest BCUT2D eigenvalue weighted by Gasteiger charge is -2.16. The van der Waals surface area contributed by atoms with E-state index in [-0.39, 0.29) is 17.7 Å². The molecule has 1 fully saturated rings. The number of nitrogens with zero attached hydrogens (tertiary/aromatic N) is 1. The van der Waals surface area contributed by atoms with Gasteiger partial charge in [0.05, 0.1) is 0 Å². The molecule has 1 atom stereocenters. The van der Waals surface area contributed by atoms with Crippen molar-refractivity contribution in [3.8, 4) is 0 Å². The largest absolute Gasteiger partial charge is 0.326 e. The zero-order chi connectivity index (χ0) is 19.3. The molecule has 0 radical (unpaired) electrons. The number of carbonyl (C=O) groups is 2. The van der Waals surface area contributed by atoms with Crippen LogP contribution in [0, 0.1) is 5.92 Å². The second-order valence-electron chi connectivity index (χ2n) is 6.52. The van der Waals surface area contributed by atoms with Gasteiger partial charge in [-0.2, -0.15) is 0 Å². The lowest BCUT2D eigenvalue weighted by atomic mass is 10.1. The maximum Gasteiger partial charge on any atom is 0.244 e. The Kier molecular flexibility index (Phi) is 5.73. The molecular weight excluding hydrogens is 390 g/mol. The van der Waals surface area contributed by atoms with Crippen LogP contribution >= 0.6 is 23.1 Å². The Morgan fingerprint density at radius 3 is 2.43 bits per heavy atom. The molecule has 3 aromatic rings. The first-order valence-electron chi connectivity index (χ1n) is 9.02. The van der Waals surface area contributed by atoms with Gasteiger partial charge in [0.15, 0.2) is 5.13 Å². The number of thioether (sulfide) groups is 1. The average Bonchev–Trinajstić information content (AvgIpc) is 3.46. The zero-order valence-corrected chi connectivity index (χ0v) is 16.6. The standard InChI is InChI=1S/C21H19N3O2S2/c25-19(15-6-7-15)23-16-8-10-17(11-9-16)28-18(14-4-2-1-3-5-14)20(26)24-21-22-12-13-27-21/h1-5,8-13,15,18H,6-7H2,(H,23,25)(H,22,24,26). The van der Waals surface area contributed by atoms with Crippen LogP contribution < -0.4 is 10.6 Å². The lowest BCUT2D eigenvalue weighted by Crippen LogP contribution is -2.18. The fourth-order valence-electron chi connectivity index (χ4n) is 2.70. The third-order valence-corrected chi connectivity index (χ3v) is 6.28. The van der Waals surface area contributed by atoms with Crippen molar-refractivity contribution >= 4 is 45.7 Å². The first-order valence-corrected chi connectivity index (χ1v) is 10.8. The van der Waals surface area contributed by atoms with E-state index < -0.39 is 5.25 Å². The number of carbonyl (C=O) groups excluding carboxylic acids is 2. The predicted octanol–water partition coefficient (Wildman–Crippen LogP) is 4.96. The fraction of sp³-hybridized carbons (Fsp3) is 0.190. The molecule has 0 bridgehead atoms. The summed E-state index contributed by atoms with van der Waals surface area (Å²) in [7, 11) is 0. The molecule has 1 heterocycles. The molecule has 2 amide bonds. The minimum absolute atomic E-state index is 0.0883. The Morgan fingerprint density at radius 2 is 1.79 bits per heavy atom. The van der Waals surface area contributed by atoms with Crippen molar-refractivity contribution in [1.29, 1.82) is 0 Å². The molecule has 1 aromatic heterocycles. The molecule has 142 valence electrons. The van der Waals surface area contributed by atoms with Gasteiger partial charge in [-0.15, -0.1) is 23.1 Å². The average molecular weight is 410 g/mol. The molecule has 7 heteroatoms. The number of anilines is 2. The Balaban J connectivity index is 1.48. The highest BCUT2D eigenvalue weighted by atomic mass is 32.2.